The van der Waals surface area contributed by atoms with E-state index in [1.54, 1.807) is 11.8 Å². The maximum atomic E-state index is 12.8. The fourth-order valence-electron chi connectivity index (χ4n) is 3.42. The molecule has 2 heterocycles. The van der Waals surface area contributed by atoms with Crippen LogP contribution in [0.15, 0.2) is 18.2 Å². The molecule has 3 rings (SSSR count). The number of hydrogen-bond acceptors (Lipinski definition) is 8. The number of amides is 1. The molecule has 1 atom stereocenters. The fourth-order valence-corrected chi connectivity index (χ4v) is 3.42. The van der Waals surface area contributed by atoms with Gasteiger partial charge in [-0.05, 0) is 25.8 Å². The molecule has 0 aromatic heterocycles. The number of ether oxygens (including phenoxy) is 2. The van der Waals surface area contributed by atoms with E-state index in [4.69, 9.17) is 9.47 Å². The number of nitrogens with zero attached hydrogens (tertiary/aromatic N) is 3. The Labute approximate surface area is 161 Å². The van der Waals surface area contributed by atoms with Crippen molar-refractivity contribution >= 4 is 29.2 Å². The number of nitro groups is 1. The minimum atomic E-state index is -0.594. The number of anilines is 1. The van der Waals surface area contributed by atoms with Crippen molar-refractivity contribution in [3.05, 3.63) is 28.3 Å². The number of non-ortho nitro benzene ring substituents is 1. The van der Waals surface area contributed by atoms with Crippen molar-refractivity contribution in [2.45, 2.75) is 19.8 Å². The van der Waals surface area contributed by atoms with Gasteiger partial charge in [0, 0.05) is 19.2 Å². The van der Waals surface area contributed by atoms with Crippen molar-refractivity contribution in [2.24, 2.45) is 5.92 Å². The third-order valence-corrected chi connectivity index (χ3v) is 4.76. The van der Waals surface area contributed by atoms with Gasteiger partial charge >= 0.3 is 11.9 Å². The zero-order valence-corrected chi connectivity index (χ0v) is 15.5. The Morgan fingerprint density at radius 1 is 1.39 bits per heavy atom. The van der Waals surface area contributed by atoms with E-state index in [0.717, 1.165) is 0 Å². The van der Waals surface area contributed by atoms with Crippen molar-refractivity contribution in [1.82, 2.24) is 4.90 Å². The molecular formula is C18H21N3O7. The number of likely N-dealkylation sites (tertiary alicyclic amines) is 1. The van der Waals surface area contributed by atoms with E-state index in [9.17, 15) is 24.5 Å². The van der Waals surface area contributed by atoms with Gasteiger partial charge in [0.15, 0.2) is 5.75 Å². The van der Waals surface area contributed by atoms with Crippen LogP contribution in [0.25, 0.3) is 0 Å². The summed E-state index contributed by atoms with van der Waals surface area (Å²) in [6.07, 6.45) is 1.37. The number of carbonyl (C=O) groups excluding carboxylic acids is 3. The molecule has 0 radical (unpaired) electrons. The molecule has 2 aliphatic heterocycles. The highest BCUT2D eigenvalue weighted by Gasteiger charge is 2.32. The lowest BCUT2D eigenvalue weighted by Crippen LogP contribution is -2.48. The van der Waals surface area contributed by atoms with Crippen molar-refractivity contribution in [3.8, 4) is 5.75 Å². The average Bonchev–Trinajstić information content (AvgIpc) is 2.67. The molecule has 1 fully saturated rings. The van der Waals surface area contributed by atoms with Crippen LogP contribution >= 0.6 is 0 Å². The molecule has 10 nitrogen and oxygen atoms in total. The molecule has 0 saturated carbocycles. The number of hydrogen-bond donors (Lipinski definition) is 0. The molecular weight excluding hydrogens is 370 g/mol. The SMILES string of the molecule is CCOC(=O)C1CCCN(C(=O)CN2CC(=O)Oc3cc([N+](=O)[O-])ccc32)C1. The van der Waals surface area contributed by atoms with Crippen LogP contribution in [0.2, 0.25) is 0 Å². The van der Waals surface area contributed by atoms with Gasteiger partial charge in [0.25, 0.3) is 5.69 Å². The molecule has 1 saturated heterocycles. The van der Waals surface area contributed by atoms with Crippen LogP contribution < -0.4 is 9.64 Å². The van der Waals surface area contributed by atoms with Crippen LogP contribution in [-0.4, -0.2) is 60.5 Å². The van der Waals surface area contributed by atoms with Crippen molar-refractivity contribution < 1.29 is 28.8 Å². The normalized spacial score (nSPS) is 18.9. The van der Waals surface area contributed by atoms with Gasteiger partial charge in [0.2, 0.25) is 5.91 Å². The van der Waals surface area contributed by atoms with Gasteiger partial charge in [-0.3, -0.25) is 19.7 Å². The number of piperidine rings is 1. The van der Waals surface area contributed by atoms with Gasteiger partial charge < -0.3 is 19.3 Å². The van der Waals surface area contributed by atoms with Crippen LogP contribution in [0.5, 0.6) is 5.75 Å². The van der Waals surface area contributed by atoms with Crippen molar-refractivity contribution in [2.75, 3.05) is 37.7 Å². The van der Waals surface area contributed by atoms with E-state index in [0.29, 0.717) is 31.7 Å². The molecule has 0 spiro atoms. The first kappa shape index (κ1) is 19.6. The zero-order valence-electron chi connectivity index (χ0n) is 15.5. The molecule has 0 aliphatic carbocycles. The van der Waals surface area contributed by atoms with Gasteiger partial charge in [-0.25, -0.2) is 4.79 Å². The molecule has 10 heteroatoms. The van der Waals surface area contributed by atoms with Crippen LogP contribution in [0.4, 0.5) is 11.4 Å². The maximum Gasteiger partial charge on any atom is 0.331 e. The Morgan fingerprint density at radius 2 is 2.18 bits per heavy atom. The molecule has 1 aromatic carbocycles. The molecule has 0 bridgehead atoms. The van der Waals surface area contributed by atoms with E-state index in [-0.39, 0.29) is 48.9 Å². The number of nitro benzene ring substituents is 1. The molecule has 1 amide bonds. The lowest BCUT2D eigenvalue weighted by Gasteiger charge is -2.35. The fraction of sp³-hybridized carbons (Fsp3) is 0.500. The smallest absolute Gasteiger partial charge is 0.331 e. The predicted octanol–water partition coefficient (Wildman–Crippen LogP) is 1.12. The summed E-state index contributed by atoms with van der Waals surface area (Å²) in [5.41, 5.74) is 0.241. The summed E-state index contributed by atoms with van der Waals surface area (Å²) in [5.74, 6) is -1.42. The van der Waals surface area contributed by atoms with E-state index in [1.165, 1.54) is 23.1 Å². The lowest BCUT2D eigenvalue weighted by atomic mass is 9.98. The Morgan fingerprint density at radius 3 is 2.89 bits per heavy atom. The second-order valence-corrected chi connectivity index (χ2v) is 6.67. The number of carbonyl (C=O) groups is 3. The van der Waals surface area contributed by atoms with Crippen LogP contribution in [0, 0.1) is 16.0 Å². The molecule has 28 heavy (non-hydrogen) atoms. The zero-order chi connectivity index (χ0) is 20.3. The van der Waals surface area contributed by atoms with Crippen molar-refractivity contribution in [1.29, 1.82) is 0 Å². The van der Waals surface area contributed by atoms with E-state index >= 15 is 0 Å². The van der Waals surface area contributed by atoms with Gasteiger partial charge in [-0.1, -0.05) is 0 Å². The molecule has 1 unspecified atom stereocenters. The van der Waals surface area contributed by atoms with E-state index in [1.807, 2.05) is 0 Å². The minimum absolute atomic E-state index is 0.0568. The highest BCUT2D eigenvalue weighted by molar-refractivity contribution is 5.90. The molecule has 2 aliphatic rings. The first-order chi connectivity index (χ1) is 13.4. The van der Waals surface area contributed by atoms with Crippen LogP contribution in [0.3, 0.4) is 0 Å². The largest absolute Gasteiger partial charge is 0.466 e. The number of rotatable bonds is 5. The molecule has 150 valence electrons. The Kier molecular flexibility index (Phi) is 5.76. The third kappa shape index (κ3) is 4.21. The van der Waals surface area contributed by atoms with Crippen LogP contribution in [0.1, 0.15) is 19.8 Å². The quantitative estimate of drug-likeness (QED) is 0.317. The lowest BCUT2D eigenvalue weighted by molar-refractivity contribution is -0.384. The second kappa shape index (κ2) is 8.24. The highest BCUT2D eigenvalue weighted by atomic mass is 16.6. The third-order valence-electron chi connectivity index (χ3n) is 4.76. The van der Waals surface area contributed by atoms with Crippen molar-refractivity contribution in [3.63, 3.8) is 0 Å². The summed E-state index contributed by atoms with van der Waals surface area (Å²) in [4.78, 5) is 50.0. The minimum Gasteiger partial charge on any atom is -0.466 e. The summed E-state index contributed by atoms with van der Waals surface area (Å²) in [6, 6.07) is 3.93. The topological polar surface area (TPSA) is 119 Å². The van der Waals surface area contributed by atoms with Gasteiger partial charge in [0.1, 0.15) is 6.54 Å². The Hall–Kier alpha value is -3.17. The summed E-state index contributed by atoms with van der Waals surface area (Å²) in [7, 11) is 0. The summed E-state index contributed by atoms with van der Waals surface area (Å²) < 4.78 is 10.1. The van der Waals surface area contributed by atoms with Gasteiger partial charge in [-0.2, -0.15) is 0 Å². The van der Waals surface area contributed by atoms with Gasteiger partial charge in [0.05, 0.1) is 35.7 Å². The molecule has 1 aromatic rings. The summed E-state index contributed by atoms with van der Waals surface area (Å²) in [6.45, 7) is 2.62. The van der Waals surface area contributed by atoms with E-state index < -0.39 is 10.9 Å². The average molecular weight is 391 g/mol. The number of benzene rings is 1. The summed E-state index contributed by atoms with van der Waals surface area (Å²) >= 11 is 0. The monoisotopic (exact) mass is 391 g/mol. The standard InChI is InChI=1S/C18H21N3O7/c1-2-27-18(24)12-4-3-7-19(9-12)16(22)10-20-11-17(23)28-15-8-13(21(25)26)5-6-14(15)20/h5-6,8,12H,2-4,7,9-11H2,1H3. The van der Waals surface area contributed by atoms with Crippen LogP contribution in [-0.2, 0) is 19.1 Å². The first-order valence-corrected chi connectivity index (χ1v) is 9.07. The first-order valence-electron chi connectivity index (χ1n) is 9.07. The number of esters is 2. The molecule has 0 N–H and O–H groups in total. The van der Waals surface area contributed by atoms with Gasteiger partial charge in [-0.15, -0.1) is 0 Å². The second-order valence-electron chi connectivity index (χ2n) is 6.67. The number of fused-ring (bicyclic) bond motifs is 1. The highest BCUT2D eigenvalue weighted by Crippen LogP contribution is 2.35. The summed E-state index contributed by atoms with van der Waals surface area (Å²) in [5, 5.41) is 10.9. The maximum absolute atomic E-state index is 12.8. The van der Waals surface area contributed by atoms with E-state index in [2.05, 4.69) is 0 Å². The predicted molar refractivity (Wildman–Crippen MR) is 96.9 cm³/mol. The Bertz CT molecular complexity index is 810. The Balaban J connectivity index is 1.71.